The number of anilines is 1. The molecule has 0 saturated carbocycles. The number of sulfonamides is 1. The van der Waals surface area contributed by atoms with Crippen LogP contribution >= 0.6 is 11.6 Å². The van der Waals surface area contributed by atoms with Crippen LogP contribution in [0.15, 0.2) is 42.5 Å². The summed E-state index contributed by atoms with van der Waals surface area (Å²) in [5.74, 6) is -0.506. The predicted molar refractivity (Wildman–Crippen MR) is 98.4 cm³/mol. The summed E-state index contributed by atoms with van der Waals surface area (Å²) in [5, 5.41) is 3.05. The molecule has 0 unspecified atom stereocenters. The molecule has 0 heterocycles. The van der Waals surface area contributed by atoms with E-state index in [1.54, 1.807) is 12.1 Å². The molecule has 0 fully saturated rings. The second-order valence-corrected chi connectivity index (χ2v) is 7.81. The van der Waals surface area contributed by atoms with Crippen molar-refractivity contribution in [1.29, 1.82) is 0 Å². The van der Waals surface area contributed by atoms with E-state index >= 15 is 0 Å². The van der Waals surface area contributed by atoms with Crippen LogP contribution in [0.2, 0.25) is 5.02 Å². The van der Waals surface area contributed by atoms with Crippen LogP contribution in [0.4, 0.5) is 10.1 Å². The number of ether oxygens (including phenoxy) is 1. The lowest BCUT2D eigenvalue weighted by Crippen LogP contribution is -2.30. The van der Waals surface area contributed by atoms with Crippen LogP contribution in [0.25, 0.3) is 0 Å². The van der Waals surface area contributed by atoms with Gasteiger partial charge in [-0.3, -0.25) is 4.79 Å². The molecule has 0 aliphatic carbocycles. The number of benzene rings is 2. The largest absolute Gasteiger partial charge is 0.495 e. The van der Waals surface area contributed by atoms with Crippen molar-refractivity contribution in [1.82, 2.24) is 4.72 Å². The van der Waals surface area contributed by atoms with Gasteiger partial charge in [-0.25, -0.2) is 17.5 Å². The molecule has 2 aromatic rings. The molecule has 1 atom stereocenters. The summed E-state index contributed by atoms with van der Waals surface area (Å²) in [7, 11) is -2.14. The summed E-state index contributed by atoms with van der Waals surface area (Å²) in [6.45, 7) is 0. The third kappa shape index (κ3) is 5.98. The Hall–Kier alpha value is -2.16. The lowest BCUT2D eigenvalue weighted by molar-refractivity contribution is -0.116. The molecule has 0 aliphatic rings. The van der Waals surface area contributed by atoms with Gasteiger partial charge in [0.25, 0.3) is 0 Å². The Morgan fingerprint density at radius 1 is 1.23 bits per heavy atom. The summed E-state index contributed by atoms with van der Waals surface area (Å²) < 4.78 is 43.9. The Morgan fingerprint density at radius 3 is 2.46 bits per heavy atom. The number of rotatable bonds is 7. The summed E-state index contributed by atoms with van der Waals surface area (Å²) in [4.78, 5) is 12.4. The van der Waals surface area contributed by atoms with Gasteiger partial charge < -0.3 is 10.1 Å². The fraction of sp³-hybridized carbons (Fsp3) is 0.235. The molecular weight excluding hydrogens is 383 g/mol. The summed E-state index contributed by atoms with van der Waals surface area (Å²) in [6.07, 6.45) is 0.787. The standard InChI is InChI=1S/C17H18ClFN2O4S/c1-25-16-8-5-12(18)9-15(16)20-17(22)10-14(21-26(2,23)24)11-3-6-13(19)7-4-11/h3-9,14,21H,10H2,1-2H3,(H,20,22)/t14-/m1/s1. The van der Waals surface area contributed by atoms with E-state index in [0.717, 1.165) is 6.26 Å². The fourth-order valence-electron chi connectivity index (χ4n) is 2.35. The third-order valence-corrected chi connectivity index (χ3v) is 4.40. The van der Waals surface area contributed by atoms with Gasteiger partial charge in [-0.05, 0) is 35.9 Å². The zero-order valence-electron chi connectivity index (χ0n) is 14.1. The van der Waals surface area contributed by atoms with Crippen molar-refractivity contribution in [3.8, 4) is 5.75 Å². The number of carbonyl (C=O) groups is 1. The van der Waals surface area contributed by atoms with Crippen LogP contribution in [0.3, 0.4) is 0 Å². The van der Waals surface area contributed by atoms with Crippen LogP contribution in [0.1, 0.15) is 18.0 Å². The highest BCUT2D eigenvalue weighted by Gasteiger charge is 2.20. The molecule has 26 heavy (non-hydrogen) atoms. The zero-order valence-corrected chi connectivity index (χ0v) is 15.7. The van der Waals surface area contributed by atoms with Gasteiger partial charge in [0.05, 0.1) is 25.1 Å². The van der Waals surface area contributed by atoms with E-state index in [9.17, 15) is 17.6 Å². The molecule has 6 nitrogen and oxygen atoms in total. The SMILES string of the molecule is COc1ccc(Cl)cc1NC(=O)C[C@@H](NS(C)(=O)=O)c1ccc(F)cc1. The van der Waals surface area contributed by atoms with Gasteiger partial charge in [-0.2, -0.15) is 0 Å². The molecular formula is C17H18ClFN2O4S. The molecule has 0 aliphatic heterocycles. The van der Waals surface area contributed by atoms with Crippen LogP contribution in [-0.2, 0) is 14.8 Å². The van der Waals surface area contributed by atoms with Crippen molar-refractivity contribution < 1.29 is 22.3 Å². The highest BCUT2D eigenvalue weighted by molar-refractivity contribution is 7.88. The number of methoxy groups -OCH3 is 1. The second-order valence-electron chi connectivity index (χ2n) is 5.59. The van der Waals surface area contributed by atoms with Gasteiger partial charge in [0.1, 0.15) is 11.6 Å². The van der Waals surface area contributed by atoms with Crippen LogP contribution < -0.4 is 14.8 Å². The molecule has 0 bridgehead atoms. The van der Waals surface area contributed by atoms with Crippen molar-refractivity contribution in [3.05, 3.63) is 58.9 Å². The van der Waals surface area contributed by atoms with Crippen molar-refractivity contribution in [3.63, 3.8) is 0 Å². The van der Waals surface area contributed by atoms with E-state index in [2.05, 4.69) is 10.0 Å². The average molecular weight is 401 g/mol. The van der Waals surface area contributed by atoms with Gasteiger partial charge in [0, 0.05) is 11.4 Å². The first kappa shape index (κ1) is 20.2. The quantitative estimate of drug-likeness (QED) is 0.747. The van der Waals surface area contributed by atoms with Gasteiger partial charge in [-0.1, -0.05) is 23.7 Å². The molecule has 2 rings (SSSR count). The van der Waals surface area contributed by atoms with Crippen molar-refractivity contribution in [2.24, 2.45) is 0 Å². The number of carbonyl (C=O) groups excluding carboxylic acids is 1. The van der Waals surface area contributed by atoms with Gasteiger partial charge >= 0.3 is 0 Å². The lowest BCUT2D eigenvalue weighted by Gasteiger charge is -2.18. The molecule has 9 heteroatoms. The number of amides is 1. The minimum atomic E-state index is -3.59. The highest BCUT2D eigenvalue weighted by atomic mass is 35.5. The Morgan fingerprint density at radius 2 is 1.88 bits per heavy atom. The number of halogens is 2. The predicted octanol–water partition coefficient (Wildman–Crippen LogP) is 3.11. The minimum absolute atomic E-state index is 0.200. The topological polar surface area (TPSA) is 84.5 Å². The van der Waals surface area contributed by atoms with E-state index in [0.29, 0.717) is 22.0 Å². The highest BCUT2D eigenvalue weighted by Crippen LogP contribution is 2.28. The second kappa shape index (κ2) is 8.48. The van der Waals surface area contributed by atoms with Gasteiger partial charge in [0.2, 0.25) is 15.9 Å². The monoisotopic (exact) mass is 400 g/mol. The first-order valence-electron chi connectivity index (χ1n) is 7.54. The summed E-state index contributed by atoms with van der Waals surface area (Å²) >= 11 is 5.93. The maximum absolute atomic E-state index is 13.1. The Kier molecular flexibility index (Phi) is 6.57. The van der Waals surface area contributed by atoms with Crippen molar-refractivity contribution in [2.75, 3.05) is 18.7 Å². The van der Waals surface area contributed by atoms with E-state index in [-0.39, 0.29) is 6.42 Å². The normalized spacial score (nSPS) is 12.5. The maximum atomic E-state index is 13.1. The van der Waals surface area contributed by atoms with E-state index in [1.165, 1.54) is 37.4 Å². The molecule has 2 N–H and O–H groups in total. The Bertz CT molecular complexity index is 888. The molecule has 0 spiro atoms. The van der Waals surface area contributed by atoms with Crippen molar-refractivity contribution >= 4 is 33.2 Å². The average Bonchev–Trinajstić information content (AvgIpc) is 2.54. The van der Waals surface area contributed by atoms with Crippen molar-refractivity contribution in [2.45, 2.75) is 12.5 Å². The lowest BCUT2D eigenvalue weighted by atomic mass is 10.0. The van der Waals surface area contributed by atoms with Crippen LogP contribution in [0, 0.1) is 5.82 Å². The van der Waals surface area contributed by atoms with E-state index in [4.69, 9.17) is 16.3 Å². The van der Waals surface area contributed by atoms with Gasteiger partial charge in [0.15, 0.2) is 0 Å². The van der Waals surface area contributed by atoms with E-state index < -0.39 is 27.8 Å². The minimum Gasteiger partial charge on any atom is -0.495 e. The first-order valence-corrected chi connectivity index (χ1v) is 9.81. The van der Waals surface area contributed by atoms with Gasteiger partial charge in [-0.15, -0.1) is 0 Å². The number of nitrogens with one attached hydrogen (secondary N) is 2. The van der Waals surface area contributed by atoms with E-state index in [1.807, 2.05) is 0 Å². The zero-order chi connectivity index (χ0) is 19.3. The summed E-state index contributed by atoms with van der Waals surface area (Å²) in [5.41, 5.74) is 0.826. The summed E-state index contributed by atoms with van der Waals surface area (Å²) in [6, 6.07) is 9.13. The molecule has 0 saturated heterocycles. The van der Waals surface area contributed by atoms with Crippen LogP contribution in [0.5, 0.6) is 5.75 Å². The molecule has 0 aromatic heterocycles. The molecule has 2 aromatic carbocycles. The number of hydrogen-bond donors (Lipinski definition) is 2. The Balaban J connectivity index is 2.21. The third-order valence-electron chi connectivity index (χ3n) is 3.45. The molecule has 140 valence electrons. The Labute approximate surface area is 156 Å². The number of hydrogen-bond acceptors (Lipinski definition) is 4. The van der Waals surface area contributed by atoms with Crippen LogP contribution in [-0.4, -0.2) is 27.7 Å². The molecule has 1 amide bonds. The fourth-order valence-corrected chi connectivity index (χ4v) is 3.25. The maximum Gasteiger partial charge on any atom is 0.226 e. The molecule has 0 radical (unpaired) electrons. The first-order chi connectivity index (χ1) is 12.2. The smallest absolute Gasteiger partial charge is 0.226 e.